The molecule has 0 amide bonds. The molecule has 1 rings (SSSR count). The van der Waals surface area contributed by atoms with Crippen molar-refractivity contribution in [1.82, 2.24) is 0 Å². The first-order valence-corrected chi connectivity index (χ1v) is 4.27. The van der Waals surface area contributed by atoms with E-state index in [4.69, 9.17) is 0 Å². The lowest BCUT2D eigenvalue weighted by molar-refractivity contribution is 0.576. The molecule has 0 unspecified atom stereocenters. The molecule has 0 N–H and O–H groups in total. The fraction of sp³-hybridized carbons (Fsp3) is 1.00. The lowest BCUT2D eigenvalue weighted by atomic mass is 10.1. The molecule has 0 aliphatic heterocycles. The molecule has 0 heteroatoms. The van der Waals surface area contributed by atoms with Crippen LogP contribution >= 0.6 is 0 Å². The third kappa shape index (κ3) is 18.0. The van der Waals surface area contributed by atoms with Crippen molar-refractivity contribution >= 4 is 0 Å². The molecule has 1 aliphatic carbocycles. The average Bonchev–Trinajstić information content (AvgIpc) is 2.45. The summed E-state index contributed by atoms with van der Waals surface area (Å²) >= 11 is 0. The van der Waals surface area contributed by atoms with Crippen LogP contribution in [-0.4, -0.2) is 0 Å². The van der Waals surface area contributed by atoms with E-state index in [1.807, 2.05) is 0 Å². The van der Waals surface area contributed by atoms with E-state index in [0.717, 1.165) is 5.92 Å². The van der Waals surface area contributed by atoms with Crippen molar-refractivity contribution < 1.29 is 0 Å². The average molecular weight is 128 g/mol. The standard InChI is InChI=1S/C6H14.C3H6/c1-4-5-6(2)3;1-2-3-1/h6H,4-5H2,1-3H3;1-3H2. The van der Waals surface area contributed by atoms with Gasteiger partial charge in [0.1, 0.15) is 0 Å². The predicted molar refractivity (Wildman–Crippen MR) is 43.6 cm³/mol. The van der Waals surface area contributed by atoms with Crippen molar-refractivity contribution in [1.29, 1.82) is 0 Å². The van der Waals surface area contributed by atoms with Gasteiger partial charge in [0.2, 0.25) is 0 Å². The van der Waals surface area contributed by atoms with Gasteiger partial charge in [-0.1, -0.05) is 52.9 Å². The monoisotopic (exact) mass is 128 g/mol. The predicted octanol–water partition coefficient (Wildman–Crippen LogP) is 3.61. The molecular formula is C9H20. The Hall–Kier alpha value is 0. The van der Waals surface area contributed by atoms with E-state index in [1.165, 1.54) is 32.1 Å². The summed E-state index contributed by atoms with van der Waals surface area (Å²) < 4.78 is 0. The van der Waals surface area contributed by atoms with Crippen molar-refractivity contribution in [3.8, 4) is 0 Å². The lowest BCUT2D eigenvalue weighted by Crippen LogP contribution is -1.81. The highest BCUT2D eigenvalue weighted by molar-refractivity contribution is 4.50. The smallest absolute Gasteiger partial charge is 0.0471 e. The van der Waals surface area contributed by atoms with Gasteiger partial charge in [-0.3, -0.25) is 0 Å². The number of hydrogen-bond acceptors (Lipinski definition) is 0. The fourth-order valence-corrected chi connectivity index (χ4v) is 0.577. The maximum absolute atomic E-state index is 2.25. The van der Waals surface area contributed by atoms with E-state index in [9.17, 15) is 0 Å². The van der Waals surface area contributed by atoms with Crippen LogP contribution in [0.15, 0.2) is 0 Å². The van der Waals surface area contributed by atoms with Gasteiger partial charge in [0.15, 0.2) is 0 Å². The topological polar surface area (TPSA) is 0 Å². The van der Waals surface area contributed by atoms with E-state index < -0.39 is 0 Å². The Kier molecular flexibility index (Phi) is 6.12. The molecular weight excluding hydrogens is 108 g/mol. The number of hydrogen-bond donors (Lipinski definition) is 0. The van der Waals surface area contributed by atoms with E-state index in [-0.39, 0.29) is 0 Å². The van der Waals surface area contributed by atoms with E-state index in [2.05, 4.69) is 20.8 Å². The van der Waals surface area contributed by atoms with Crippen LogP contribution in [0.2, 0.25) is 0 Å². The summed E-state index contributed by atoms with van der Waals surface area (Å²) in [7, 11) is 0. The fourth-order valence-electron chi connectivity index (χ4n) is 0.577. The van der Waals surface area contributed by atoms with Crippen molar-refractivity contribution in [2.75, 3.05) is 0 Å². The van der Waals surface area contributed by atoms with E-state index >= 15 is 0 Å². The Morgan fingerprint density at radius 1 is 1.11 bits per heavy atom. The SMILES string of the molecule is C1CC1.CCCC(C)C. The Labute approximate surface area is 59.7 Å². The highest BCUT2D eigenvalue weighted by Gasteiger charge is 1.95. The second-order valence-corrected chi connectivity index (χ2v) is 3.24. The van der Waals surface area contributed by atoms with Crippen LogP contribution in [0.5, 0.6) is 0 Å². The van der Waals surface area contributed by atoms with Crippen molar-refractivity contribution in [2.45, 2.75) is 52.9 Å². The second kappa shape index (κ2) is 6.12. The van der Waals surface area contributed by atoms with Crippen LogP contribution in [0.4, 0.5) is 0 Å². The lowest BCUT2D eigenvalue weighted by Gasteiger charge is -1.95. The largest absolute Gasteiger partial charge is 0.0654 e. The van der Waals surface area contributed by atoms with Gasteiger partial charge in [0, 0.05) is 0 Å². The van der Waals surface area contributed by atoms with Crippen LogP contribution in [0.1, 0.15) is 52.9 Å². The zero-order chi connectivity index (χ0) is 7.11. The molecule has 0 radical (unpaired) electrons. The molecule has 0 bridgehead atoms. The van der Waals surface area contributed by atoms with Gasteiger partial charge < -0.3 is 0 Å². The molecule has 0 aromatic heterocycles. The summed E-state index contributed by atoms with van der Waals surface area (Å²) in [4.78, 5) is 0. The van der Waals surface area contributed by atoms with Crippen LogP contribution in [-0.2, 0) is 0 Å². The van der Waals surface area contributed by atoms with Gasteiger partial charge >= 0.3 is 0 Å². The summed E-state index contributed by atoms with van der Waals surface area (Å²) in [5, 5.41) is 0. The third-order valence-electron chi connectivity index (χ3n) is 1.22. The van der Waals surface area contributed by atoms with Gasteiger partial charge in [-0.05, 0) is 5.92 Å². The first-order valence-electron chi connectivity index (χ1n) is 4.27. The summed E-state index contributed by atoms with van der Waals surface area (Å²) in [6.45, 7) is 6.73. The van der Waals surface area contributed by atoms with Gasteiger partial charge in [-0.25, -0.2) is 0 Å². The van der Waals surface area contributed by atoms with Gasteiger partial charge in [0.05, 0.1) is 0 Å². The Morgan fingerprint density at radius 3 is 1.56 bits per heavy atom. The van der Waals surface area contributed by atoms with E-state index in [0.29, 0.717) is 0 Å². The molecule has 0 spiro atoms. The van der Waals surface area contributed by atoms with Crippen LogP contribution in [0, 0.1) is 5.92 Å². The van der Waals surface area contributed by atoms with Crippen molar-refractivity contribution in [3.05, 3.63) is 0 Å². The second-order valence-electron chi connectivity index (χ2n) is 3.24. The van der Waals surface area contributed by atoms with Gasteiger partial charge in [-0.2, -0.15) is 0 Å². The molecule has 0 aromatic rings. The zero-order valence-electron chi connectivity index (χ0n) is 7.11. The molecule has 0 saturated heterocycles. The maximum Gasteiger partial charge on any atom is -0.0471 e. The number of rotatable bonds is 2. The van der Waals surface area contributed by atoms with Crippen molar-refractivity contribution in [2.24, 2.45) is 5.92 Å². The summed E-state index contributed by atoms with van der Waals surface area (Å²) in [6.07, 6.45) is 7.21. The molecule has 1 saturated carbocycles. The highest BCUT2D eigenvalue weighted by atomic mass is 14.0. The first-order chi connectivity index (χ1) is 4.27. The zero-order valence-corrected chi connectivity index (χ0v) is 7.11. The van der Waals surface area contributed by atoms with Crippen LogP contribution < -0.4 is 0 Å². The van der Waals surface area contributed by atoms with Crippen molar-refractivity contribution in [3.63, 3.8) is 0 Å². The molecule has 1 aliphatic rings. The Morgan fingerprint density at radius 2 is 1.56 bits per heavy atom. The highest BCUT2D eigenvalue weighted by Crippen LogP contribution is 2.14. The van der Waals surface area contributed by atoms with E-state index in [1.54, 1.807) is 0 Å². The molecule has 0 atom stereocenters. The van der Waals surface area contributed by atoms with Crippen LogP contribution in [0.3, 0.4) is 0 Å². The minimum atomic E-state index is 0.898. The third-order valence-corrected chi connectivity index (χ3v) is 1.22. The molecule has 9 heavy (non-hydrogen) atoms. The Bertz CT molecular complexity index is 41.2. The summed E-state index contributed by atoms with van der Waals surface area (Å²) in [6, 6.07) is 0. The minimum absolute atomic E-state index is 0.898. The van der Waals surface area contributed by atoms with Gasteiger partial charge in [-0.15, -0.1) is 0 Å². The normalized spacial score (nSPS) is 14.7. The van der Waals surface area contributed by atoms with Crippen LogP contribution in [0.25, 0.3) is 0 Å². The first kappa shape index (κ1) is 9.00. The molecule has 0 aromatic carbocycles. The molecule has 0 heterocycles. The quantitative estimate of drug-likeness (QED) is 0.533. The minimum Gasteiger partial charge on any atom is -0.0654 e. The Balaban J connectivity index is 0.000000173. The summed E-state index contributed by atoms with van der Waals surface area (Å²) in [5.74, 6) is 0.898. The molecule has 0 nitrogen and oxygen atoms in total. The molecule has 56 valence electrons. The molecule has 1 fully saturated rings. The van der Waals surface area contributed by atoms with Gasteiger partial charge in [0.25, 0.3) is 0 Å². The summed E-state index contributed by atoms with van der Waals surface area (Å²) in [5.41, 5.74) is 0. The maximum atomic E-state index is 2.25.